The number of anilines is 1. The fraction of sp³-hybridized carbons (Fsp3) is 0.250. The average Bonchev–Trinajstić information content (AvgIpc) is 2.86. The van der Waals surface area contributed by atoms with Crippen molar-refractivity contribution in [3.8, 4) is 0 Å². The van der Waals surface area contributed by atoms with Gasteiger partial charge in [-0.1, -0.05) is 6.07 Å². The average molecular weight is 248 g/mol. The zero-order valence-electron chi connectivity index (χ0n) is 10.1. The number of carbonyl (C=O) groups is 1. The summed E-state index contributed by atoms with van der Waals surface area (Å²) in [5.41, 5.74) is 1.05. The van der Waals surface area contributed by atoms with E-state index < -0.39 is 11.9 Å². The molecule has 94 valence electrons. The van der Waals surface area contributed by atoms with Crippen LogP contribution in [-0.2, 0) is 4.79 Å². The number of benzene rings is 1. The Kier molecular flexibility index (Phi) is 3.36. The monoisotopic (exact) mass is 248 g/mol. The number of rotatable bonds is 3. The van der Waals surface area contributed by atoms with Gasteiger partial charge in [0.1, 0.15) is 24.5 Å². The zero-order valence-corrected chi connectivity index (χ0v) is 10.1. The van der Waals surface area contributed by atoms with E-state index in [0.717, 1.165) is 5.56 Å². The van der Waals surface area contributed by atoms with Gasteiger partial charge in [-0.15, -0.1) is 0 Å². The van der Waals surface area contributed by atoms with Crippen LogP contribution < -0.4 is 5.32 Å². The molecule has 0 saturated heterocycles. The molecule has 2 rings (SSSR count). The lowest BCUT2D eigenvalue weighted by Crippen LogP contribution is -2.24. The van der Waals surface area contributed by atoms with Crippen molar-refractivity contribution in [2.24, 2.45) is 0 Å². The van der Waals surface area contributed by atoms with Gasteiger partial charge in [-0.2, -0.15) is 5.10 Å². The number of hydrogen-bond acceptors (Lipinski definition) is 3. The van der Waals surface area contributed by atoms with Crippen LogP contribution in [0.2, 0.25) is 0 Å². The molecular formula is C12H13FN4O. The fourth-order valence-electron chi connectivity index (χ4n) is 1.51. The Morgan fingerprint density at radius 2 is 2.28 bits per heavy atom. The molecule has 1 heterocycles. The molecule has 1 N–H and O–H groups in total. The molecular weight excluding hydrogens is 235 g/mol. The summed E-state index contributed by atoms with van der Waals surface area (Å²) in [6.07, 6.45) is 2.79. The second kappa shape index (κ2) is 4.95. The van der Waals surface area contributed by atoms with Crippen molar-refractivity contribution in [1.82, 2.24) is 14.8 Å². The van der Waals surface area contributed by atoms with E-state index in [-0.39, 0.29) is 11.6 Å². The van der Waals surface area contributed by atoms with Crippen molar-refractivity contribution in [3.05, 3.63) is 42.2 Å². The van der Waals surface area contributed by atoms with Crippen LogP contribution in [0, 0.1) is 12.7 Å². The van der Waals surface area contributed by atoms with Crippen LogP contribution in [0.3, 0.4) is 0 Å². The summed E-state index contributed by atoms with van der Waals surface area (Å²) in [6.45, 7) is 3.49. The number of carbonyl (C=O) groups excluding carboxylic acids is 1. The minimum Gasteiger partial charge on any atom is -0.322 e. The van der Waals surface area contributed by atoms with E-state index in [0.29, 0.717) is 0 Å². The Labute approximate surface area is 104 Å². The highest BCUT2D eigenvalue weighted by Crippen LogP contribution is 2.17. The van der Waals surface area contributed by atoms with Crippen molar-refractivity contribution in [3.63, 3.8) is 0 Å². The summed E-state index contributed by atoms with van der Waals surface area (Å²) in [7, 11) is 0. The Morgan fingerprint density at radius 1 is 1.50 bits per heavy atom. The minimum absolute atomic E-state index is 0.173. The molecule has 0 fully saturated rings. The number of nitrogens with zero attached hydrogens (tertiary/aromatic N) is 3. The third kappa shape index (κ3) is 2.53. The normalized spacial score (nSPS) is 12.2. The second-order valence-corrected chi connectivity index (χ2v) is 4.02. The van der Waals surface area contributed by atoms with Gasteiger partial charge in [0.15, 0.2) is 0 Å². The van der Waals surface area contributed by atoms with Crippen LogP contribution in [0.25, 0.3) is 0 Å². The smallest absolute Gasteiger partial charge is 0.249 e. The summed E-state index contributed by atoms with van der Waals surface area (Å²) in [5, 5.41) is 6.41. The van der Waals surface area contributed by atoms with E-state index in [9.17, 15) is 9.18 Å². The van der Waals surface area contributed by atoms with E-state index >= 15 is 0 Å². The molecule has 2 aromatic rings. The van der Waals surface area contributed by atoms with Crippen molar-refractivity contribution in [2.75, 3.05) is 5.32 Å². The number of aromatic nitrogens is 3. The Morgan fingerprint density at radius 3 is 2.94 bits per heavy atom. The highest BCUT2D eigenvalue weighted by atomic mass is 19.1. The van der Waals surface area contributed by atoms with Crippen molar-refractivity contribution in [1.29, 1.82) is 0 Å². The van der Waals surface area contributed by atoms with Gasteiger partial charge in [-0.25, -0.2) is 14.1 Å². The first kappa shape index (κ1) is 12.2. The van der Waals surface area contributed by atoms with Crippen LogP contribution in [-0.4, -0.2) is 20.7 Å². The summed E-state index contributed by atoms with van der Waals surface area (Å²) >= 11 is 0. The topological polar surface area (TPSA) is 59.8 Å². The third-order valence-corrected chi connectivity index (χ3v) is 2.59. The van der Waals surface area contributed by atoms with Gasteiger partial charge in [-0.05, 0) is 31.5 Å². The van der Waals surface area contributed by atoms with Crippen molar-refractivity contribution >= 4 is 11.6 Å². The predicted octanol–water partition coefficient (Wildman–Crippen LogP) is 1.93. The lowest BCUT2D eigenvalue weighted by atomic mass is 10.2. The van der Waals surface area contributed by atoms with Gasteiger partial charge >= 0.3 is 0 Å². The van der Waals surface area contributed by atoms with Gasteiger partial charge < -0.3 is 5.32 Å². The molecule has 0 radical (unpaired) electrons. The molecule has 1 atom stereocenters. The van der Waals surface area contributed by atoms with Crippen LogP contribution >= 0.6 is 0 Å². The Balaban J connectivity index is 2.14. The van der Waals surface area contributed by atoms with Crippen molar-refractivity contribution in [2.45, 2.75) is 19.9 Å². The highest BCUT2D eigenvalue weighted by molar-refractivity contribution is 5.93. The standard InChI is InChI=1S/C12H13FN4O/c1-8-3-4-10(13)11(5-8)16-12(18)9(2)17-7-14-6-15-17/h3-7,9H,1-2H3,(H,16,18)/t9-/m1/s1. The van der Waals surface area contributed by atoms with E-state index in [4.69, 9.17) is 0 Å². The van der Waals surface area contributed by atoms with Crippen LogP contribution in [0.1, 0.15) is 18.5 Å². The molecule has 6 heteroatoms. The second-order valence-electron chi connectivity index (χ2n) is 4.02. The molecule has 0 aliphatic rings. The first-order chi connectivity index (χ1) is 8.58. The fourth-order valence-corrected chi connectivity index (χ4v) is 1.51. The predicted molar refractivity (Wildman–Crippen MR) is 64.5 cm³/mol. The maximum Gasteiger partial charge on any atom is 0.249 e. The number of amides is 1. The van der Waals surface area contributed by atoms with Crippen LogP contribution in [0.5, 0.6) is 0 Å². The first-order valence-corrected chi connectivity index (χ1v) is 5.49. The molecule has 0 aliphatic heterocycles. The lowest BCUT2D eigenvalue weighted by Gasteiger charge is -2.12. The number of aryl methyl sites for hydroxylation is 1. The van der Waals surface area contributed by atoms with Gasteiger partial charge in [0.25, 0.3) is 0 Å². The Hall–Kier alpha value is -2.24. The van der Waals surface area contributed by atoms with Crippen LogP contribution in [0.15, 0.2) is 30.9 Å². The number of halogens is 1. The van der Waals surface area contributed by atoms with Gasteiger partial charge in [0.05, 0.1) is 5.69 Å². The molecule has 0 unspecified atom stereocenters. The maximum atomic E-state index is 13.5. The molecule has 0 spiro atoms. The number of nitrogens with one attached hydrogen (secondary N) is 1. The molecule has 18 heavy (non-hydrogen) atoms. The lowest BCUT2D eigenvalue weighted by molar-refractivity contribution is -0.119. The van der Waals surface area contributed by atoms with Gasteiger partial charge in [0, 0.05) is 0 Å². The molecule has 1 amide bonds. The first-order valence-electron chi connectivity index (χ1n) is 5.49. The summed E-state index contributed by atoms with van der Waals surface area (Å²) in [5.74, 6) is -0.801. The summed E-state index contributed by atoms with van der Waals surface area (Å²) in [6, 6.07) is 4.01. The van der Waals surface area contributed by atoms with Gasteiger partial charge in [-0.3, -0.25) is 4.79 Å². The summed E-state index contributed by atoms with van der Waals surface area (Å²) < 4.78 is 14.9. The van der Waals surface area contributed by atoms with Crippen LogP contribution in [0.4, 0.5) is 10.1 Å². The highest BCUT2D eigenvalue weighted by Gasteiger charge is 2.16. The molecule has 0 aliphatic carbocycles. The number of hydrogen-bond donors (Lipinski definition) is 1. The van der Waals surface area contributed by atoms with E-state index in [1.807, 2.05) is 6.92 Å². The third-order valence-electron chi connectivity index (χ3n) is 2.59. The zero-order chi connectivity index (χ0) is 13.1. The van der Waals surface area contributed by atoms with Gasteiger partial charge in [0.2, 0.25) is 5.91 Å². The maximum absolute atomic E-state index is 13.5. The SMILES string of the molecule is Cc1ccc(F)c(NC(=O)[C@@H](C)n2cncn2)c1. The van der Waals surface area contributed by atoms with E-state index in [2.05, 4.69) is 15.4 Å². The van der Waals surface area contributed by atoms with E-state index in [1.54, 1.807) is 19.1 Å². The largest absolute Gasteiger partial charge is 0.322 e. The molecule has 0 saturated carbocycles. The summed E-state index contributed by atoms with van der Waals surface area (Å²) in [4.78, 5) is 15.7. The molecule has 5 nitrogen and oxygen atoms in total. The Bertz CT molecular complexity index is 553. The molecule has 0 bridgehead atoms. The van der Waals surface area contributed by atoms with Crippen molar-refractivity contribution < 1.29 is 9.18 Å². The van der Waals surface area contributed by atoms with E-state index in [1.165, 1.54) is 23.4 Å². The minimum atomic E-state index is -0.549. The quantitative estimate of drug-likeness (QED) is 0.902. The molecule has 1 aromatic carbocycles. The molecule has 1 aromatic heterocycles.